The normalized spacial score (nSPS) is 13.1. The quantitative estimate of drug-likeness (QED) is 0.357. The minimum absolute atomic E-state index is 0.282. The van der Waals surface area contributed by atoms with E-state index in [2.05, 4.69) is 0 Å². The second kappa shape index (κ2) is 5.68. The molecule has 3 N–H and O–H groups in total. The van der Waals surface area contributed by atoms with Crippen molar-refractivity contribution < 1.29 is 43.8 Å². The summed E-state index contributed by atoms with van der Waals surface area (Å²) in [4.78, 5) is 6.59. The van der Waals surface area contributed by atoms with Gasteiger partial charge in [-0.25, -0.2) is 0 Å². The zero-order chi connectivity index (χ0) is 19.4. The predicted molar refractivity (Wildman–Crippen MR) is 80.0 cm³/mol. The molecule has 0 unspecified atom stereocenters. The topological polar surface area (TPSA) is 206 Å². The molecule has 0 saturated heterocycles. The first-order valence-electron chi connectivity index (χ1n) is 5.81. The fourth-order valence-corrected chi connectivity index (χ4v) is 3.88. The van der Waals surface area contributed by atoms with Crippen molar-refractivity contribution in [1.29, 1.82) is 0 Å². The zero-order valence-electron chi connectivity index (χ0n) is 11.6. The van der Waals surface area contributed by atoms with E-state index in [1.165, 1.54) is 0 Å². The van der Waals surface area contributed by atoms with Crippen LogP contribution in [0.2, 0.25) is 0 Å². The molecular weight excluding hydrogens is 406 g/mol. The van der Waals surface area contributed by atoms with Gasteiger partial charge in [0, 0.05) is 11.5 Å². The van der Waals surface area contributed by atoms with Crippen molar-refractivity contribution in [2.45, 2.75) is 14.7 Å². The second-order valence-electron chi connectivity index (χ2n) is 4.64. The third-order valence-corrected chi connectivity index (χ3v) is 5.58. The Balaban J connectivity index is 3.23. The summed E-state index contributed by atoms with van der Waals surface area (Å²) in [7, 11) is -15.2. The first kappa shape index (κ1) is 19.2. The van der Waals surface area contributed by atoms with Crippen molar-refractivity contribution in [3.8, 4) is 0 Å². The highest BCUT2D eigenvalue weighted by molar-refractivity contribution is 7.87. The minimum atomic E-state index is -5.19. The Kier molecular flexibility index (Phi) is 4.35. The Morgan fingerprint density at radius 2 is 1.16 bits per heavy atom. The summed E-state index contributed by atoms with van der Waals surface area (Å²) in [6.45, 7) is 0. The standard InChI is InChI=1S/C10H7NO11S3/c12-11(13)9-3-5(23(14,15)16)2-8-7(9)1-6(24(17,18)19)4-10(8)25(20,21)22/h1-4H,(H,14,15,16)(H,17,18,19)(H,20,21,22). The number of fused-ring (bicyclic) bond motifs is 1. The van der Waals surface area contributed by atoms with E-state index in [1.807, 2.05) is 0 Å². The van der Waals surface area contributed by atoms with Gasteiger partial charge in [-0.05, 0) is 18.2 Å². The highest BCUT2D eigenvalue weighted by Crippen LogP contribution is 2.35. The summed E-state index contributed by atoms with van der Waals surface area (Å²) in [5.74, 6) is 0. The van der Waals surface area contributed by atoms with E-state index in [9.17, 15) is 39.9 Å². The molecular formula is C10H7NO11S3. The van der Waals surface area contributed by atoms with Gasteiger partial charge in [0.1, 0.15) is 9.79 Å². The molecule has 2 aromatic carbocycles. The molecule has 25 heavy (non-hydrogen) atoms. The van der Waals surface area contributed by atoms with Gasteiger partial charge < -0.3 is 0 Å². The molecule has 0 amide bonds. The first-order chi connectivity index (χ1) is 11.1. The molecule has 0 fully saturated rings. The Morgan fingerprint density at radius 3 is 1.56 bits per heavy atom. The number of hydrogen-bond donors (Lipinski definition) is 3. The number of nitro groups is 1. The fourth-order valence-electron chi connectivity index (χ4n) is 2.02. The average Bonchev–Trinajstić information content (AvgIpc) is 2.41. The summed E-state index contributed by atoms with van der Waals surface area (Å²) >= 11 is 0. The summed E-state index contributed by atoms with van der Waals surface area (Å²) in [5, 5.41) is 9.66. The Hall–Kier alpha value is -2.17. The van der Waals surface area contributed by atoms with Crippen molar-refractivity contribution in [3.63, 3.8) is 0 Å². The third-order valence-electron chi connectivity index (χ3n) is 3.03. The van der Waals surface area contributed by atoms with Gasteiger partial charge in [0.15, 0.2) is 0 Å². The molecule has 0 aliphatic carbocycles. The molecule has 0 saturated carbocycles. The van der Waals surface area contributed by atoms with Gasteiger partial charge in [0.25, 0.3) is 36.0 Å². The lowest BCUT2D eigenvalue weighted by Crippen LogP contribution is -2.07. The van der Waals surface area contributed by atoms with Crippen molar-refractivity contribution in [1.82, 2.24) is 0 Å². The Bertz CT molecular complexity index is 1230. The maximum Gasteiger partial charge on any atom is 0.295 e. The van der Waals surface area contributed by atoms with E-state index < -0.39 is 66.4 Å². The summed E-state index contributed by atoms with van der Waals surface area (Å²) in [6.07, 6.45) is 0. The number of non-ortho nitro benzene ring substituents is 1. The monoisotopic (exact) mass is 413 g/mol. The van der Waals surface area contributed by atoms with Gasteiger partial charge in [-0.1, -0.05) is 0 Å². The number of hydrogen-bond acceptors (Lipinski definition) is 8. The average molecular weight is 413 g/mol. The minimum Gasteiger partial charge on any atom is -0.282 e. The number of nitro benzene ring substituents is 1. The third kappa shape index (κ3) is 3.75. The van der Waals surface area contributed by atoms with Gasteiger partial charge in [0.2, 0.25) is 0 Å². The van der Waals surface area contributed by atoms with Gasteiger partial charge >= 0.3 is 0 Å². The fraction of sp³-hybridized carbons (Fsp3) is 0. The van der Waals surface area contributed by atoms with E-state index in [4.69, 9.17) is 9.11 Å². The van der Waals surface area contributed by atoms with E-state index in [-0.39, 0.29) is 6.07 Å². The molecule has 0 radical (unpaired) electrons. The van der Waals surface area contributed by atoms with E-state index >= 15 is 0 Å². The van der Waals surface area contributed by atoms with Crippen molar-refractivity contribution in [3.05, 3.63) is 34.4 Å². The van der Waals surface area contributed by atoms with Crippen LogP contribution in [0, 0.1) is 10.1 Å². The number of rotatable bonds is 4. The molecule has 15 heteroatoms. The van der Waals surface area contributed by atoms with Gasteiger partial charge in [-0.3, -0.25) is 23.8 Å². The predicted octanol–water partition coefficient (Wildman–Crippen LogP) is 0.488. The lowest BCUT2D eigenvalue weighted by Gasteiger charge is -2.09. The number of benzene rings is 2. The Morgan fingerprint density at radius 1 is 0.720 bits per heavy atom. The van der Waals surface area contributed by atoms with E-state index in [1.54, 1.807) is 0 Å². The SMILES string of the molecule is O=[N+]([O-])c1cc(S(=O)(=O)O)cc2c(S(=O)(=O)O)cc(S(=O)(=O)O)cc12. The van der Waals surface area contributed by atoms with Crippen LogP contribution in [0.3, 0.4) is 0 Å². The lowest BCUT2D eigenvalue weighted by molar-refractivity contribution is -0.383. The highest BCUT2D eigenvalue weighted by atomic mass is 32.2. The van der Waals surface area contributed by atoms with Crippen molar-refractivity contribution in [2.24, 2.45) is 0 Å². The molecule has 0 aliphatic rings. The molecule has 2 aromatic rings. The van der Waals surface area contributed by atoms with Crippen LogP contribution in [-0.2, 0) is 30.4 Å². The molecule has 12 nitrogen and oxygen atoms in total. The molecule has 2 rings (SSSR count). The van der Waals surface area contributed by atoms with E-state index in [0.29, 0.717) is 18.2 Å². The number of nitrogens with zero attached hydrogens (tertiary/aromatic N) is 1. The van der Waals surface area contributed by atoms with Crippen LogP contribution < -0.4 is 0 Å². The molecule has 136 valence electrons. The summed E-state index contributed by atoms with van der Waals surface area (Å²) in [5.41, 5.74) is -1.08. The lowest BCUT2D eigenvalue weighted by atomic mass is 10.1. The van der Waals surface area contributed by atoms with Crippen LogP contribution in [0.1, 0.15) is 0 Å². The summed E-state index contributed by atoms with van der Waals surface area (Å²) in [6, 6.07) is 1.66. The molecule has 0 spiro atoms. The smallest absolute Gasteiger partial charge is 0.282 e. The molecule has 0 heterocycles. The van der Waals surface area contributed by atoms with Crippen LogP contribution in [-0.4, -0.2) is 43.8 Å². The van der Waals surface area contributed by atoms with Crippen LogP contribution in [0.5, 0.6) is 0 Å². The van der Waals surface area contributed by atoms with Crippen LogP contribution >= 0.6 is 0 Å². The van der Waals surface area contributed by atoms with E-state index in [0.717, 1.165) is 0 Å². The Labute approximate surface area is 140 Å². The molecule has 0 aliphatic heterocycles. The molecule has 0 aromatic heterocycles. The highest BCUT2D eigenvalue weighted by Gasteiger charge is 2.27. The second-order valence-corrected chi connectivity index (χ2v) is 8.87. The molecule has 0 bridgehead atoms. The van der Waals surface area contributed by atoms with Gasteiger partial charge in [0.05, 0.1) is 15.2 Å². The van der Waals surface area contributed by atoms with Crippen molar-refractivity contribution >= 4 is 46.8 Å². The van der Waals surface area contributed by atoms with Gasteiger partial charge in [-0.2, -0.15) is 25.3 Å². The van der Waals surface area contributed by atoms with Crippen LogP contribution in [0.4, 0.5) is 5.69 Å². The van der Waals surface area contributed by atoms with Crippen LogP contribution in [0.15, 0.2) is 39.0 Å². The molecule has 0 atom stereocenters. The maximum atomic E-state index is 11.5. The largest absolute Gasteiger partial charge is 0.295 e. The van der Waals surface area contributed by atoms with Gasteiger partial charge in [-0.15, -0.1) is 0 Å². The van der Waals surface area contributed by atoms with Crippen LogP contribution in [0.25, 0.3) is 10.8 Å². The first-order valence-corrected chi connectivity index (χ1v) is 10.1. The van der Waals surface area contributed by atoms with Crippen molar-refractivity contribution in [2.75, 3.05) is 0 Å². The summed E-state index contributed by atoms with van der Waals surface area (Å²) < 4.78 is 95.1. The zero-order valence-corrected chi connectivity index (χ0v) is 14.0. The maximum absolute atomic E-state index is 11.5.